The van der Waals surface area contributed by atoms with Crippen molar-refractivity contribution < 1.29 is 28.6 Å². The molecule has 152 valence electrons. The van der Waals surface area contributed by atoms with E-state index in [1.54, 1.807) is 42.5 Å². The highest BCUT2D eigenvalue weighted by molar-refractivity contribution is 5.95. The number of amides is 2. The molecule has 2 aromatic carbocycles. The molecule has 0 aliphatic carbocycles. The number of ether oxygens (including phenoxy) is 3. The molecule has 0 saturated heterocycles. The second-order valence-corrected chi connectivity index (χ2v) is 6.53. The molecule has 8 heteroatoms. The summed E-state index contributed by atoms with van der Waals surface area (Å²) in [7, 11) is 3.00. The van der Waals surface area contributed by atoms with Crippen molar-refractivity contribution in [3.63, 3.8) is 0 Å². The first-order valence-corrected chi connectivity index (χ1v) is 9.07. The maximum absolute atomic E-state index is 12.2. The molecule has 2 aromatic rings. The molecular weight excluding hydrogens is 376 g/mol. The molecule has 0 radical (unpaired) electrons. The van der Waals surface area contributed by atoms with Crippen LogP contribution in [0.15, 0.2) is 42.5 Å². The Hall–Kier alpha value is -3.55. The monoisotopic (exact) mass is 398 g/mol. The molecule has 0 fully saturated rings. The molecule has 8 nitrogen and oxygen atoms in total. The van der Waals surface area contributed by atoms with E-state index in [9.17, 15) is 14.4 Å². The van der Waals surface area contributed by atoms with Gasteiger partial charge in [0.15, 0.2) is 6.61 Å². The first-order valence-electron chi connectivity index (χ1n) is 9.07. The van der Waals surface area contributed by atoms with Crippen LogP contribution in [0.2, 0.25) is 0 Å². The van der Waals surface area contributed by atoms with Crippen LogP contribution >= 0.6 is 0 Å². The molecule has 1 aliphatic heterocycles. The van der Waals surface area contributed by atoms with E-state index in [0.29, 0.717) is 23.6 Å². The molecule has 1 heterocycles. The lowest BCUT2D eigenvalue weighted by molar-refractivity contribution is -0.136. The molecule has 2 amide bonds. The van der Waals surface area contributed by atoms with Crippen LogP contribution in [0.3, 0.4) is 0 Å². The second kappa shape index (κ2) is 9.09. The Morgan fingerprint density at radius 1 is 1.17 bits per heavy atom. The molecule has 1 aliphatic rings. The van der Waals surface area contributed by atoms with E-state index in [4.69, 9.17) is 14.2 Å². The predicted octanol–water partition coefficient (Wildman–Crippen LogP) is 1.88. The molecule has 0 spiro atoms. The van der Waals surface area contributed by atoms with E-state index in [1.165, 1.54) is 19.1 Å². The van der Waals surface area contributed by atoms with Crippen LogP contribution in [0.5, 0.6) is 11.5 Å². The van der Waals surface area contributed by atoms with Gasteiger partial charge in [0, 0.05) is 25.2 Å². The highest BCUT2D eigenvalue weighted by atomic mass is 16.5. The van der Waals surface area contributed by atoms with Gasteiger partial charge in [0.25, 0.3) is 5.91 Å². The van der Waals surface area contributed by atoms with Crippen LogP contribution in [0.4, 0.5) is 5.69 Å². The van der Waals surface area contributed by atoms with Crippen LogP contribution in [-0.2, 0) is 20.7 Å². The molecule has 0 saturated carbocycles. The van der Waals surface area contributed by atoms with Crippen molar-refractivity contribution in [3.8, 4) is 11.5 Å². The zero-order chi connectivity index (χ0) is 20.8. The first kappa shape index (κ1) is 20.2. The minimum Gasteiger partial charge on any atom is -0.497 e. The summed E-state index contributed by atoms with van der Waals surface area (Å²) in [4.78, 5) is 37.7. The van der Waals surface area contributed by atoms with Gasteiger partial charge in [-0.15, -0.1) is 0 Å². The number of rotatable bonds is 7. The standard InChI is InChI=1S/C21H22N2O6/c1-23(12-19(24)22-16-4-3-5-17(11-16)27-2)20(25)13-29-21(26)15-6-7-18-14(10-15)8-9-28-18/h3-7,10-11H,8-9,12-13H2,1-2H3,(H,22,24). The van der Waals surface area contributed by atoms with Crippen molar-refractivity contribution in [1.29, 1.82) is 0 Å². The minimum absolute atomic E-state index is 0.177. The molecule has 0 bridgehead atoms. The van der Waals surface area contributed by atoms with E-state index in [1.807, 2.05) is 0 Å². The lowest BCUT2D eigenvalue weighted by Crippen LogP contribution is -2.37. The number of nitrogens with one attached hydrogen (secondary N) is 1. The van der Waals surface area contributed by atoms with Crippen molar-refractivity contribution in [3.05, 3.63) is 53.6 Å². The Bertz CT molecular complexity index is 927. The van der Waals surface area contributed by atoms with Crippen molar-refractivity contribution >= 4 is 23.5 Å². The molecule has 0 aromatic heterocycles. The summed E-state index contributed by atoms with van der Waals surface area (Å²) in [6.45, 7) is -0.0337. The Morgan fingerprint density at radius 2 is 2.00 bits per heavy atom. The summed E-state index contributed by atoms with van der Waals surface area (Å²) >= 11 is 0. The molecule has 0 atom stereocenters. The van der Waals surface area contributed by atoms with Crippen molar-refractivity contribution in [2.75, 3.05) is 39.2 Å². The van der Waals surface area contributed by atoms with Gasteiger partial charge in [-0.05, 0) is 35.9 Å². The van der Waals surface area contributed by atoms with Gasteiger partial charge in [-0.25, -0.2) is 4.79 Å². The van der Waals surface area contributed by atoms with Gasteiger partial charge in [0.05, 0.1) is 25.8 Å². The smallest absolute Gasteiger partial charge is 0.338 e. The first-order chi connectivity index (χ1) is 14.0. The van der Waals surface area contributed by atoms with E-state index in [-0.39, 0.29) is 12.5 Å². The van der Waals surface area contributed by atoms with E-state index >= 15 is 0 Å². The van der Waals surface area contributed by atoms with Crippen LogP contribution < -0.4 is 14.8 Å². The van der Waals surface area contributed by atoms with E-state index < -0.39 is 18.5 Å². The summed E-state index contributed by atoms with van der Waals surface area (Å²) < 4.78 is 15.6. The van der Waals surface area contributed by atoms with Gasteiger partial charge in [-0.2, -0.15) is 0 Å². The van der Waals surface area contributed by atoms with Crippen molar-refractivity contribution in [2.45, 2.75) is 6.42 Å². The fraction of sp³-hybridized carbons (Fsp3) is 0.286. The maximum Gasteiger partial charge on any atom is 0.338 e. The molecule has 1 N–H and O–H groups in total. The Morgan fingerprint density at radius 3 is 2.79 bits per heavy atom. The quantitative estimate of drug-likeness (QED) is 0.716. The SMILES string of the molecule is COc1cccc(NC(=O)CN(C)C(=O)COC(=O)c2ccc3c(c2)CCO3)c1. The van der Waals surface area contributed by atoms with Crippen LogP contribution in [-0.4, -0.2) is 56.6 Å². The van der Waals surface area contributed by atoms with E-state index in [0.717, 1.165) is 17.7 Å². The van der Waals surface area contributed by atoms with E-state index in [2.05, 4.69) is 5.32 Å². The average Bonchev–Trinajstić information content (AvgIpc) is 3.19. The average molecular weight is 398 g/mol. The summed E-state index contributed by atoms with van der Waals surface area (Å²) in [5, 5.41) is 2.68. The Balaban J connectivity index is 1.47. The van der Waals surface area contributed by atoms with Crippen LogP contribution in [0, 0.1) is 0 Å². The third-order valence-electron chi connectivity index (χ3n) is 4.41. The number of benzene rings is 2. The minimum atomic E-state index is -0.595. The highest BCUT2D eigenvalue weighted by Gasteiger charge is 2.18. The maximum atomic E-state index is 12.2. The third kappa shape index (κ3) is 5.25. The number of fused-ring (bicyclic) bond motifs is 1. The van der Waals surface area contributed by atoms with Crippen molar-refractivity contribution in [2.24, 2.45) is 0 Å². The second-order valence-electron chi connectivity index (χ2n) is 6.53. The molecule has 29 heavy (non-hydrogen) atoms. The van der Waals surface area contributed by atoms with Gasteiger partial charge >= 0.3 is 5.97 Å². The van der Waals surface area contributed by atoms with Gasteiger partial charge < -0.3 is 24.4 Å². The lowest BCUT2D eigenvalue weighted by atomic mass is 10.1. The zero-order valence-corrected chi connectivity index (χ0v) is 16.3. The fourth-order valence-corrected chi connectivity index (χ4v) is 2.84. The van der Waals surface area contributed by atoms with Gasteiger partial charge in [-0.1, -0.05) is 6.07 Å². The largest absolute Gasteiger partial charge is 0.497 e. The number of likely N-dealkylation sites (N-methyl/N-ethyl adjacent to an activating group) is 1. The molecule has 0 unspecified atom stereocenters. The predicted molar refractivity (Wildman–Crippen MR) is 105 cm³/mol. The third-order valence-corrected chi connectivity index (χ3v) is 4.41. The zero-order valence-electron chi connectivity index (χ0n) is 16.3. The highest BCUT2D eigenvalue weighted by Crippen LogP contribution is 2.26. The number of anilines is 1. The number of esters is 1. The van der Waals surface area contributed by atoms with Gasteiger partial charge in [-0.3, -0.25) is 9.59 Å². The summed E-state index contributed by atoms with van der Waals surface area (Å²) in [6, 6.07) is 11.9. The topological polar surface area (TPSA) is 94.2 Å². The Kier molecular flexibility index (Phi) is 6.33. The summed E-state index contributed by atoms with van der Waals surface area (Å²) in [6.07, 6.45) is 0.737. The number of hydrogen-bond acceptors (Lipinski definition) is 6. The number of carbonyl (C=O) groups is 3. The molecular formula is C21H22N2O6. The van der Waals surface area contributed by atoms with Crippen LogP contribution in [0.25, 0.3) is 0 Å². The lowest BCUT2D eigenvalue weighted by Gasteiger charge is -2.17. The fourth-order valence-electron chi connectivity index (χ4n) is 2.84. The number of methoxy groups -OCH3 is 1. The number of nitrogens with zero attached hydrogens (tertiary/aromatic N) is 1. The number of hydrogen-bond donors (Lipinski definition) is 1. The van der Waals surface area contributed by atoms with Gasteiger partial charge in [0.1, 0.15) is 11.5 Å². The number of carbonyl (C=O) groups excluding carboxylic acids is 3. The normalized spacial score (nSPS) is 11.8. The summed E-state index contributed by atoms with van der Waals surface area (Å²) in [5.74, 6) is -0.0818. The van der Waals surface area contributed by atoms with Crippen LogP contribution in [0.1, 0.15) is 15.9 Å². The summed E-state index contributed by atoms with van der Waals surface area (Å²) in [5.41, 5.74) is 1.86. The van der Waals surface area contributed by atoms with Crippen molar-refractivity contribution in [1.82, 2.24) is 4.90 Å². The molecule has 3 rings (SSSR count). The van der Waals surface area contributed by atoms with Gasteiger partial charge in [0.2, 0.25) is 5.91 Å². The Labute approximate surface area is 168 Å².